The van der Waals surface area contributed by atoms with Gasteiger partial charge in [0.15, 0.2) is 5.11 Å². The normalized spacial score (nSPS) is 13.6. The Kier molecular flexibility index (Phi) is 5.09. The predicted molar refractivity (Wildman–Crippen MR) is 92.6 cm³/mol. The van der Waals surface area contributed by atoms with Gasteiger partial charge in [-0.25, -0.2) is 0 Å². The molecule has 0 bridgehead atoms. The summed E-state index contributed by atoms with van der Waals surface area (Å²) in [6.07, 6.45) is 3.69. The Balaban J connectivity index is 1.74. The number of rotatable bonds is 7. The summed E-state index contributed by atoms with van der Waals surface area (Å²) < 4.78 is 11.1. The Hall–Kier alpha value is -2.12. The van der Waals surface area contributed by atoms with Crippen molar-refractivity contribution in [3.05, 3.63) is 42.0 Å². The molecule has 0 radical (unpaired) electrons. The molecular weight excluding hydrogens is 312 g/mol. The average Bonchev–Trinajstić information content (AvgIpc) is 3.04. The van der Waals surface area contributed by atoms with Crippen LogP contribution in [0.3, 0.4) is 0 Å². The fourth-order valence-corrected chi connectivity index (χ4v) is 2.73. The van der Waals surface area contributed by atoms with Crippen LogP contribution in [-0.2, 0) is 17.8 Å². The van der Waals surface area contributed by atoms with E-state index in [1.54, 1.807) is 6.20 Å². The molecule has 0 fully saturated rings. The van der Waals surface area contributed by atoms with Crippen LogP contribution in [0, 0.1) is 0 Å². The first-order valence-electron chi connectivity index (χ1n) is 7.65. The van der Waals surface area contributed by atoms with Gasteiger partial charge in [0.05, 0.1) is 31.1 Å². The number of H-pyrrole nitrogens is 1. The zero-order valence-electron chi connectivity index (χ0n) is 13.0. The van der Waals surface area contributed by atoms with E-state index in [0.29, 0.717) is 31.5 Å². The largest absolute Gasteiger partial charge is 0.489 e. The minimum absolute atomic E-state index is 0.505. The number of anilines is 1. The van der Waals surface area contributed by atoms with E-state index >= 15 is 0 Å². The lowest BCUT2D eigenvalue weighted by atomic mass is 10.2. The number of hydrogen-bond donors (Lipinski definition) is 2. The summed E-state index contributed by atoms with van der Waals surface area (Å²) in [5.74, 6) is 0.762. The number of ether oxygens (including phenoxy) is 2. The second-order valence-corrected chi connectivity index (χ2v) is 5.47. The Labute approximate surface area is 140 Å². The molecule has 0 atom stereocenters. The summed E-state index contributed by atoms with van der Waals surface area (Å²) in [4.78, 5) is 9.71. The van der Waals surface area contributed by atoms with E-state index in [2.05, 4.69) is 15.3 Å². The Morgan fingerprint density at radius 2 is 2.26 bits per heavy atom. The first kappa shape index (κ1) is 15.8. The monoisotopic (exact) mass is 332 g/mol. The van der Waals surface area contributed by atoms with Gasteiger partial charge in [-0.3, -0.25) is 4.98 Å². The number of aromatic nitrogens is 2. The minimum Gasteiger partial charge on any atom is -0.489 e. The maximum Gasteiger partial charge on any atom is 0.174 e. The molecule has 0 unspecified atom stereocenters. The third-order valence-corrected chi connectivity index (χ3v) is 3.97. The van der Waals surface area contributed by atoms with Crippen molar-refractivity contribution in [2.24, 2.45) is 0 Å². The molecule has 23 heavy (non-hydrogen) atoms. The van der Waals surface area contributed by atoms with Gasteiger partial charge in [-0.1, -0.05) is 0 Å². The Morgan fingerprint density at radius 1 is 1.35 bits per heavy atom. The van der Waals surface area contributed by atoms with Gasteiger partial charge in [-0.05, 0) is 37.3 Å². The van der Waals surface area contributed by atoms with Gasteiger partial charge < -0.3 is 24.7 Å². The molecule has 0 saturated heterocycles. The standard InChI is InChI=1S/C16H20N4O2S/c1-2-21-8-9-22-15-4-3-6-17-13(15)11-20-14-5-7-18-12(14)10-19-16(20)23/h3-7,18H,2,8-11H2,1H3,(H,19,23). The molecule has 2 aromatic heterocycles. The van der Waals surface area contributed by atoms with Gasteiger partial charge in [-0.2, -0.15) is 0 Å². The highest BCUT2D eigenvalue weighted by atomic mass is 32.1. The fourth-order valence-electron chi connectivity index (χ4n) is 2.49. The summed E-state index contributed by atoms with van der Waals surface area (Å²) in [6, 6.07) is 5.82. The predicted octanol–water partition coefficient (Wildman–Crippen LogP) is 2.22. The fraction of sp³-hybridized carbons (Fsp3) is 0.375. The minimum atomic E-state index is 0.505. The lowest BCUT2D eigenvalue weighted by Crippen LogP contribution is -2.43. The molecule has 7 heteroatoms. The van der Waals surface area contributed by atoms with Crippen molar-refractivity contribution in [2.45, 2.75) is 20.0 Å². The van der Waals surface area contributed by atoms with E-state index in [1.807, 2.05) is 36.2 Å². The highest BCUT2D eigenvalue weighted by Crippen LogP contribution is 2.27. The van der Waals surface area contributed by atoms with Gasteiger partial charge in [0.1, 0.15) is 18.1 Å². The number of thiocarbonyl (C=S) groups is 1. The SMILES string of the molecule is CCOCCOc1cccnc1CN1C(=S)NCc2[nH]ccc21. The summed E-state index contributed by atoms with van der Waals surface area (Å²) >= 11 is 5.45. The van der Waals surface area contributed by atoms with Gasteiger partial charge in [-0.15, -0.1) is 0 Å². The number of pyridine rings is 1. The highest BCUT2D eigenvalue weighted by Gasteiger charge is 2.23. The van der Waals surface area contributed by atoms with Crippen LogP contribution in [0.25, 0.3) is 0 Å². The van der Waals surface area contributed by atoms with Gasteiger partial charge in [0, 0.05) is 19.0 Å². The molecule has 3 rings (SSSR count). The topological polar surface area (TPSA) is 62.4 Å². The molecule has 2 aromatic rings. The second-order valence-electron chi connectivity index (χ2n) is 5.08. The van der Waals surface area contributed by atoms with Crippen molar-refractivity contribution in [1.29, 1.82) is 0 Å². The number of nitrogens with zero attached hydrogens (tertiary/aromatic N) is 2. The van der Waals surface area contributed by atoms with Gasteiger partial charge in [0.2, 0.25) is 0 Å². The number of aromatic amines is 1. The van der Waals surface area contributed by atoms with E-state index in [9.17, 15) is 0 Å². The number of fused-ring (bicyclic) bond motifs is 1. The van der Waals surface area contributed by atoms with Gasteiger partial charge >= 0.3 is 0 Å². The first-order valence-corrected chi connectivity index (χ1v) is 8.06. The molecule has 6 nitrogen and oxygen atoms in total. The third-order valence-electron chi connectivity index (χ3n) is 3.61. The maximum atomic E-state index is 5.80. The van der Waals surface area contributed by atoms with E-state index < -0.39 is 0 Å². The summed E-state index contributed by atoms with van der Waals surface area (Å²) in [7, 11) is 0. The van der Waals surface area contributed by atoms with Crippen molar-refractivity contribution in [2.75, 3.05) is 24.7 Å². The first-order chi connectivity index (χ1) is 11.3. The summed E-state index contributed by atoms with van der Waals surface area (Å²) in [6.45, 7) is 5.00. The van der Waals surface area contributed by atoms with Crippen LogP contribution in [-0.4, -0.2) is 34.9 Å². The zero-order chi connectivity index (χ0) is 16.1. The lowest BCUT2D eigenvalue weighted by molar-refractivity contribution is 0.109. The molecule has 2 N–H and O–H groups in total. The molecule has 1 aliphatic rings. The zero-order valence-corrected chi connectivity index (χ0v) is 13.9. The maximum absolute atomic E-state index is 5.80. The quantitative estimate of drug-likeness (QED) is 0.599. The third kappa shape index (κ3) is 3.62. The molecule has 1 aliphatic heterocycles. The van der Waals surface area contributed by atoms with Crippen LogP contribution in [0.5, 0.6) is 5.75 Å². The summed E-state index contributed by atoms with van der Waals surface area (Å²) in [5, 5.41) is 3.91. The van der Waals surface area contributed by atoms with Crippen molar-refractivity contribution in [3.63, 3.8) is 0 Å². The number of nitrogens with one attached hydrogen (secondary N) is 2. The van der Waals surface area contributed by atoms with Crippen molar-refractivity contribution in [3.8, 4) is 5.75 Å². The van der Waals surface area contributed by atoms with Crippen LogP contribution in [0.4, 0.5) is 5.69 Å². The molecule has 0 saturated carbocycles. The van der Waals surface area contributed by atoms with Crippen molar-refractivity contribution in [1.82, 2.24) is 15.3 Å². The smallest absolute Gasteiger partial charge is 0.174 e. The van der Waals surface area contributed by atoms with Crippen molar-refractivity contribution >= 4 is 23.0 Å². The van der Waals surface area contributed by atoms with Crippen LogP contribution in [0.15, 0.2) is 30.6 Å². The average molecular weight is 332 g/mol. The van der Waals surface area contributed by atoms with Crippen LogP contribution in [0.1, 0.15) is 18.3 Å². The van der Waals surface area contributed by atoms with Crippen LogP contribution < -0.4 is 15.0 Å². The molecular formula is C16H20N4O2S. The molecule has 122 valence electrons. The molecule has 0 aliphatic carbocycles. The van der Waals surface area contributed by atoms with E-state index in [-0.39, 0.29) is 0 Å². The summed E-state index contributed by atoms with van der Waals surface area (Å²) in [5.41, 5.74) is 3.05. The molecule has 3 heterocycles. The Morgan fingerprint density at radius 3 is 3.13 bits per heavy atom. The highest BCUT2D eigenvalue weighted by molar-refractivity contribution is 7.80. The van der Waals surface area contributed by atoms with Crippen LogP contribution >= 0.6 is 12.2 Å². The Bertz CT molecular complexity index is 674. The second kappa shape index (κ2) is 7.43. The van der Waals surface area contributed by atoms with Crippen LogP contribution in [0.2, 0.25) is 0 Å². The van der Waals surface area contributed by atoms with Gasteiger partial charge in [0.25, 0.3) is 0 Å². The molecule has 0 amide bonds. The number of hydrogen-bond acceptors (Lipinski definition) is 4. The van der Waals surface area contributed by atoms with Crippen molar-refractivity contribution < 1.29 is 9.47 Å². The lowest BCUT2D eigenvalue weighted by Gasteiger charge is -2.30. The van der Waals surface area contributed by atoms with E-state index in [0.717, 1.165) is 29.4 Å². The van der Waals surface area contributed by atoms with E-state index in [1.165, 1.54) is 0 Å². The molecule has 0 aromatic carbocycles. The van der Waals surface area contributed by atoms with E-state index in [4.69, 9.17) is 21.7 Å². The molecule has 0 spiro atoms.